The molecule has 442 valence electrons. The van der Waals surface area contributed by atoms with Crippen LogP contribution in [0.5, 0.6) is 0 Å². The third-order valence-electron chi connectivity index (χ3n) is 11.9. The Bertz CT molecular complexity index is 2170. The average Bonchev–Trinajstić information content (AvgIpc) is 4.27. The highest BCUT2D eigenvalue weighted by atomic mass is 15.3. The van der Waals surface area contributed by atoms with Crippen LogP contribution in [0.25, 0.3) is 33.4 Å². The fraction of sp³-hybridized carbons (Fsp3) is 0.514. The average molecular weight is 1070 g/mol. The molecule has 78 heavy (non-hydrogen) atoms. The smallest absolute Gasteiger partial charge is 0.0902 e. The van der Waals surface area contributed by atoms with E-state index < -0.39 is 0 Å². The summed E-state index contributed by atoms with van der Waals surface area (Å²) in [4.78, 5) is 9.94. The fourth-order valence-corrected chi connectivity index (χ4v) is 8.95. The molecule has 3 aliphatic rings. The molecule has 6 aromatic rings. The first-order valence-corrected chi connectivity index (χ1v) is 32.1. The van der Waals surface area contributed by atoms with Crippen molar-refractivity contribution in [1.82, 2.24) is 4.90 Å². The van der Waals surface area contributed by atoms with Gasteiger partial charge in [0.05, 0.1) is 13.3 Å². The van der Waals surface area contributed by atoms with Crippen molar-refractivity contribution in [3.8, 4) is 33.4 Å². The molecule has 4 nitrogen and oxygen atoms in total. The number of anilines is 3. The van der Waals surface area contributed by atoms with Crippen LogP contribution in [0.2, 0.25) is 0 Å². The molecule has 0 heterocycles. The largest absolute Gasteiger partial charge is 0.359 e. The van der Waals surface area contributed by atoms with Gasteiger partial charge in [-0.1, -0.05) is 282 Å². The van der Waals surface area contributed by atoms with Gasteiger partial charge in [-0.2, -0.15) is 0 Å². The van der Waals surface area contributed by atoms with Crippen LogP contribution in [0, 0.1) is 0 Å². The monoisotopic (exact) mass is 1070 g/mol. The van der Waals surface area contributed by atoms with Crippen molar-refractivity contribution < 1.29 is 0 Å². The van der Waals surface area contributed by atoms with Crippen LogP contribution < -0.4 is 14.7 Å². The predicted octanol–water partition coefficient (Wildman–Crippen LogP) is 23.4. The molecule has 0 bridgehead atoms. The zero-order chi connectivity index (χ0) is 61.2. The molecule has 0 aliphatic heterocycles. The van der Waals surface area contributed by atoms with E-state index in [0.717, 1.165) is 58.8 Å². The van der Waals surface area contributed by atoms with Gasteiger partial charge in [-0.25, -0.2) is 0 Å². The number of hydrogen-bond donors (Lipinski definition) is 0. The fourth-order valence-electron chi connectivity index (χ4n) is 8.95. The second kappa shape index (κ2) is 53.7. The van der Waals surface area contributed by atoms with Crippen molar-refractivity contribution in [3.63, 3.8) is 0 Å². The van der Waals surface area contributed by atoms with Gasteiger partial charge in [0, 0.05) is 56.0 Å². The molecule has 0 N–H and O–H groups in total. The Morgan fingerprint density at radius 1 is 0.256 bits per heavy atom. The van der Waals surface area contributed by atoms with Crippen molar-refractivity contribution in [2.75, 3.05) is 61.3 Å². The Kier molecular flexibility index (Phi) is 56.1. The Labute approximate surface area is 488 Å². The van der Waals surface area contributed by atoms with Crippen molar-refractivity contribution >= 4 is 17.1 Å². The third kappa shape index (κ3) is 23.2. The highest BCUT2D eigenvalue weighted by Crippen LogP contribution is 2.44. The molecule has 0 saturated carbocycles. The Hall–Kier alpha value is -5.32. The molecular weight excluding hydrogens is 945 g/mol. The van der Waals surface area contributed by atoms with Crippen LogP contribution in [0.15, 0.2) is 127 Å². The lowest BCUT2D eigenvalue weighted by Gasteiger charge is -2.34. The summed E-state index contributed by atoms with van der Waals surface area (Å²) in [5.41, 5.74) is 21.4. The van der Waals surface area contributed by atoms with Crippen LogP contribution in [0.1, 0.15) is 227 Å². The molecule has 0 saturated heterocycles. The Balaban J connectivity index is -0.000000342. The number of benzene rings is 6. The molecule has 0 fully saturated rings. The number of fused-ring (bicyclic) bond motifs is 9. The van der Waals surface area contributed by atoms with Crippen LogP contribution in [-0.2, 0) is 19.3 Å². The molecule has 0 atom stereocenters. The van der Waals surface area contributed by atoms with Gasteiger partial charge in [-0.05, 0) is 119 Å². The minimum Gasteiger partial charge on any atom is -0.359 e. The lowest BCUT2D eigenvalue weighted by atomic mass is 10.0. The summed E-state index contributed by atoms with van der Waals surface area (Å²) < 4.78 is 0. The quantitative estimate of drug-likeness (QED) is 0.120. The normalized spacial score (nSPS) is 9.62. The standard InChI is InChI=1S/C31H30N2.C19H24N2.12C2H6/c1-3-32(30-17-9-15-26-24-13-7-5-11-22(24)19-28(26)30)21-33(4-2)31-18-10-16-27-25-14-8-6-12-23(25)20-29(27)31;1-4-20(3)14-21(5-2)19-12-8-11-17-16-10-7-6-9-15(16)13-18(17)19;12*1-2/h5-18H,3-4,19-21H2,1-2H3;6-12H,4-5,13-14H2,1-3H3;12*1-2H3. The summed E-state index contributed by atoms with van der Waals surface area (Å²) in [6, 6.07) is 46.9. The molecule has 6 aromatic carbocycles. The van der Waals surface area contributed by atoms with Crippen molar-refractivity contribution in [1.29, 1.82) is 0 Å². The van der Waals surface area contributed by atoms with E-state index in [4.69, 9.17) is 0 Å². The van der Waals surface area contributed by atoms with Gasteiger partial charge in [-0.3, -0.25) is 4.90 Å². The van der Waals surface area contributed by atoms with Gasteiger partial charge in [0.2, 0.25) is 0 Å². The van der Waals surface area contributed by atoms with Crippen LogP contribution in [0.4, 0.5) is 17.1 Å². The molecule has 4 heteroatoms. The maximum atomic E-state index is 2.55. The molecule has 3 aliphatic carbocycles. The van der Waals surface area contributed by atoms with Gasteiger partial charge in [0.25, 0.3) is 0 Å². The molecule has 0 spiro atoms. The van der Waals surface area contributed by atoms with E-state index >= 15 is 0 Å². The molecule has 0 amide bonds. The number of nitrogens with zero attached hydrogens (tertiary/aromatic N) is 4. The first-order valence-electron chi connectivity index (χ1n) is 32.1. The van der Waals surface area contributed by atoms with E-state index in [2.05, 4.69) is 182 Å². The van der Waals surface area contributed by atoms with Gasteiger partial charge in [0.15, 0.2) is 0 Å². The van der Waals surface area contributed by atoms with E-state index in [1.807, 2.05) is 166 Å². The van der Waals surface area contributed by atoms with E-state index in [1.165, 1.54) is 83.8 Å². The summed E-state index contributed by atoms with van der Waals surface area (Å²) >= 11 is 0. The molecule has 0 unspecified atom stereocenters. The van der Waals surface area contributed by atoms with Gasteiger partial charge in [0.1, 0.15) is 0 Å². The molecular formula is C74H126N4. The summed E-state index contributed by atoms with van der Waals surface area (Å²) in [6.07, 6.45) is 3.12. The van der Waals surface area contributed by atoms with E-state index in [0.29, 0.717) is 0 Å². The minimum atomic E-state index is 0.895. The zero-order valence-electron chi connectivity index (χ0n) is 56.8. The number of rotatable bonds is 11. The van der Waals surface area contributed by atoms with E-state index in [1.54, 1.807) is 0 Å². The predicted molar refractivity (Wildman–Crippen MR) is 367 cm³/mol. The first-order chi connectivity index (χ1) is 38.5. The van der Waals surface area contributed by atoms with E-state index in [9.17, 15) is 0 Å². The zero-order valence-corrected chi connectivity index (χ0v) is 56.8. The third-order valence-corrected chi connectivity index (χ3v) is 11.9. The summed E-state index contributed by atoms with van der Waals surface area (Å²) in [7, 11) is 2.18. The molecule has 9 rings (SSSR count). The van der Waals surface area contributed by atoms with Gasteiger partial charge in [-0.15, -0.1) is 0 Å². The molecule has 0 aromatic heterocycles. The highest BCUT2D eigenvalue weighted by Gasteiger charge is 2.27. The summed E-state index contributed by atoms with van der Waals surface area (Å²) in [5.74, 6) is 0. The summed E-state index contributed by atoms with van der Waals surface area (Å²) in [6.45, 7) is 63.0. The SMILES string of the molecule is CC.CC.CC.CC.CC.CC.CC.CC.CC.CC.CC.CC.CCN(C)CN(CC)c1cccc2c1Cc1ccccc1-2.CCN(CN(CC)c1cccc2c1Cc1ccccc1-2)c1cccc2c1Cc1ccccc1-2. The Morgan fingerprint density at radius 3 is 0.705 bits per heavy atom. The van der Waals surface area contributed by atoms with Crippen molar-refractivity contribution in [2.24, 2.45) is 0 Å². The van der Waals surface area contributed by atoms with Crippen molar-refractivity contribution in [2.45, 2.75) is 213 Å². The maximum absolute atomic E-state index is 2.55. The van der Waals surface area contributed by atoms with E-state index in [-0.39, 0.29) is 0 Å². The van der Waals surface area contributed by atoms with Crippen LogP contribution in [-0.4, -0.2) is 51.5 Å². The second-order valence-corrected chi connectivity index (χ2v) is 14.9. The number of hydrogen-bond acceptors (Lipinski definition) is 4. The highest BCUT2D eigenvalue weighted by molar-refractivity contribution is 5.85. The lowest BCUT2D eigenvalue weighted by molar-refractivity contribution is 0.351. The Morgan fingerprint density at radius 2 is 0.474 bits per heavy atom. The lowest BCUT2D eigenvalue weighted by Crippen LogP contribution is -2.39. The summed E-state index contributed by atoms with van der Waals surface area (Å²) in [5, 5.41) is 0. The second-order valence-electron chi connectivity index (χ2n) is 14.9. The minimum absolute atomic E-state index is 0.895. The van der Waals surface area contributed by atoms with Gasteiger partial charge < -0.3 is 14.7 Å². The maximum Gasteiger partial charge on any atom is 0.0902 e. The molecule has 0 radical (unpaired) electrons. The van der Waals surface area contributed by atoms with Crippen LogP contribution >= 0.6 is 0 Å². The topological polar surface area (TPSA) is 13.0 Å². The van der Waals surface area contributed by atoms with Gasteiger partial charge >= 0.3 is 0 Å². The first kappa shape index (κ1) is 81.5. The van der Waals surface area contributed by atoms with Crippen molar-refractivity contribution in [3.05, 3.63) is 161 Å². The van der Waals surface area contributed by atoms with Crippen LogP contribution in [0.3, 0.4) is 0 Å².